The zero-order valence-electron chi connectivity index (χ0n) is 15.4. The number of sulfonamides is 1. The van der Waals surface area contributed by atoms with Gasteiger partial charge < -0.3 is 9.42 Å². The fourth-order valence-corrected chi connectivity index (χ4v) is 5.44. The number of rotatable bonds is 5. The Bertz CT molecular complexity index is 895. The lowest BCUT2D eigenvalue weighted by molar-refractivity contribution is 0.184. The number of anilines is 1. The number of hydrogen-bond acceptors (Lipinski definition) is 8. The Kier molecular flexibility index (Phi) is 5.77. The third kappa shape index (κ3) is 4.12. The minimum Gasteiger partial charge on any atom is -0.360 e. The van der Waals surface area contributed by atoms with E-state index >= 15 is 0 Å². The lowest BCUT2D eigenvalue weighted by atomic mass is 10.4. The molecule has 0 unspecified atom stereocenters. The van der Waals surface area contributed by atoms with Crippen molar-refractivity contribution in [1.29, 1.82) is 0 Å². The van der Waals surface area contributed by atoms with Crippen LogP contribution in [0.2, 0.25) is 0 Å². The van der Waals surface area contributed by atoms with Crippen molar-refractivity contribution in [2.75, 3.05) is 31.5 Å². The number of carbonyl (C=O) groups excluding carboxylic acids is 1. The molecule has 2 amide bonds. The monoisotopic (exact) mass is 414 g/mol. The molecule has 0 atom stereocenters. The molecule has 0 bridgehead atoms. The molecule has 1 N–H and O–H groups in total. The number of piperazine rings is 1. The second-order valence-corrected chi connectivity index (χ2v) is 9.16. The third-order valence-electron chi connectivity index (χ3n) is 4.24. The van der Waals surface area contributed by atoms with E-state index in [1.165, 1.54) is 15.6 Å². The molecule has 12 heteroatoms. The zero-order chi connectivity index (χ0) is 19.6. The van der Waals surface area contributed by atoms with Gasteiger partial charge in [-0.25, -0.2) is 13.2 Å². The number of amides is 2. The van der Waals surface area contributed by atoms with Crippen LogP contribution >= 0.6 is 11.3 Å². The Hall–Kier alpha value is -2.05. The van der Waals surface area contributed by atoms with E-state index in [0.717, 1.165) is 17.8 Å². The van der Waals surface area contributed by atoms with Crippen molar-refractivity contribution < 1.29 is 17.7 Å². The van der Waals surface area contributed by atoms with E-state index in [2.05, 4.69) is 27.6 Å². The van der Waals surface area contributed by atoms with E-state index in [4.69, 9.17) is 4.52 Å². The van der Waals surface area contributed by atoms with Crippen LogP contribution in [0.3, 0.4) is 0 Å². The van der Waals surface area contributed by atoms with Gasteiger partial charge in [0.05, 0.1) is 0 Å². The lowest BCUT2D eigenvalue weighted by Crippen LogP contribution is -2.51. The van der Waals surface area contributed by atoms with Crippen LogP contribution in [-0.2, 0) is 16.4 Å². The van der Waals surface area contributed by atoms with E-state index in [1.54, 1.807) is 18.7 Å². The van der Waals surface area contributed by atoms with Crippen LogP contribution < -0.4 is 5.32 Å². The van der Waals surface area contributed by atoms with Crippen LogP contribution in [0.25, 0.3) is 0 Å². The minimum atomic E-state index is -3.69. The molecule has 148 valence electrons. The number of nitrogens with zero attached hydrogens (tertiary/aromatic N) is 5. The van der Waals surface area contributed by atoms with Gasteiger partial charge in [0.2, 0.25) is 15.2 Å². The van der Waals surface area contributed by atoms with Crippen molar-refractivity contribution >= 4 is 32.5 Å². The average molecular weight is 415 g/mol. The smallest absolute Gasteiger partial charge is 0.323 e. The van der Waals surface area contributed by atoms with E-state index in [9.17, 15) is 13.2 Å². The standard InChI is InChI=1S/C15H22N6O4S2/c1-4-5-12-17-18-14(26-12)16-15(22)20-6-8-21(9-7-20)27(23,24)13-10(2)19-25-11(13)3/h4-9H2,1-3H3,(H,16,18,22). The van der Waals surface area contributed by atoms with Crippen molar-refractivity contribution in [2.24, 2.45) is 0 Å². The third-order valence-corrected chi connectivity index (χ3v) is 7.28. The first-order valence-electron chi connectivity index (χ1n) is 8.64. The van der Waals surface area contributed by atoms with Crippen LogP contribution in [0.15, 0.2) is 9.42 Å². The maximum absolute atomic E-state index is 12.8. The van der Waals surface area contributed by atoms with Gasteiger partial charge in [0, 0.05) is 32.6 Å². The molecule has 0 aliphatic carbocycles. The summed E-state index contributed by atoms with van der Waals surface area (Å²) in [6, 6.07) is -0.302. The number of carbonyl (C=O) groups is 1. The molecule has 1 fully saturated rings. The van der Waals surface area contributed by atoms with Crippen LogP contribution in [0.1, 0.15) is 29.8 Å². The number of hydrogen-bond donors (Lipinski definition) is 1. The summed E-state index contributed by atoms with van der Waals surface area (Å²) in [7, 11) is -3.69. The summed E-state index contributed by atoms with van der Waals surface area (Å²) in [5, 5.41) is 15.8. The van der Waals surface area contributed by atoms with Gasteiger partial charge in [-0.1, -0.05) is 23.4 Å². The Morgan fingerprint density at radius 3 is 2.52 bits per heavy atom. The first kappa shape index (κ1) is 19.7. The molecule has 10 nitrogen and oxygen atoms in total. The van der Waals surface area contributed by atoms with Gasteiger partial charge in [-0.05, 0) is 20.3 Å². The fraction of sp³-hybridized carbons (Fsp3) is 0.600. The van der Waals surface area contributed by atoms with Crippen LogP contribution in [-0.4, -0.2) is 65.2 Å². The van der Waals surface area contributed by atoms with Crippen LogP contribution in [0.5, 0.6) is 0 Å². The van der Waals surface area contributed by atoms with Crippen molar-refractivity contribution in [1.82, 2.24) is 24.6 Å². The summed E-state index contributed by atoms with van der Waals surface area (Å²) in [5.74, 6) is 0.270. The van der Waals surface area contributed by atoms with Gasteiger partial charge in [0.25, 0.3) is 0 Å². The molecule has 1 saturated heterocycles. The van der Waals surface area contributed by atoms with E-state index < -0.39 is 10.0 Å². The predicted molar refractivity (Wildman–Crippen MR) is 99.2 cm³/mol. The summed E-state index contributed by atoms with van der Waals surface area (Å²) < 4.78 is 32.0. The molecular weight excluding hydrogens is 392 g/mol. The highest BCUT2D eigenvalue weighted by atomic mass is 32.2. The summed E-state index contributed by atoms with van der Waals surface area (Å²) in [5.41, 5.74) is 0.340. The van der Waals surface area contributed by atoms with Crippen molar-refractivity contribution in [3.63, 3.8) is 0 Å². The minimum absolute atomic E-state index is 0.109. The van der Waals surface area contributed by atoms with E-state index in [-0.39, 0.29) is 42.9 Å². The Morgan fingerprint density at radius 1 is 1.22 bits per heavy atom. The molecule has 0 radical (unpaired) electrons. The Morgan fingerprint density at radius 2 is 1.93 bits per heavy atom. The number of aromatic nitrogens is 3. The molecule has 0 saturated carbocycles. The molecule has 2 aromatic heterocycles. The highest BCUT2D eigenvalue weighted by Gasteiger charge is 2.34. The number of aryl methyl sites for hydroxylation is 3. The summed E-state index contributed by atoms with van der Waals surface area (Å²) in [4.78, 5) is 14.1. The molecule has 1 aliphatic rings. The molecule has 3 rings (SSSR count). The largest absolute Gasteiger partial charge is 0.360 e. The first-order valence-corrected chi connectivity index (χ1v) is 10.9. The lowest BCUT2D eigenvalue weighted by Gasteiger charge is -2.33. The maximum Gasteiger partial charge on any atom is 0.323 e. The fourth-order valence-electron chi connectivity index (χ4n) is 2.89. The predicted octanol–water partition coefficient (Wildman–Crippen LogP) is 1.63. The highest BCUT2D eigenvalue weighted by Crippen LogP contribution is 2.24. The van der Waals surface area contributed by atoms with Crippen LogP contribution in [0, 0.1) is 13.8 Å². The normalized spacial score (nSPS) is 15.9. The molecule has 3 heterocycles. The zero-order valence-corrected chi connectivity index (χ0v) is 17.1. The topological polar surface area (TPSA) is 122 Å². The van der Waals surface area contributed by atoms with E-state index in [0.29, 0.717) is 10.8 Å². The number of urea groups is 1. The summed E-state index contributed by atoms with van der Waals surface area (Å²) >= 11 is 1.35. The number of nitrogens with one attached hydrogen (secondary N) is 1. The molecular formula is C15H22N6O4S2. The summed E-state index contributed by atoms with van der Waals surface area (Å²) in [6.07, 6.45) is 1.79. The highest BCUT2D eigenvalue weighted by molar-refractivity contribution is 7.89. The average Bonchev–Trinajstić information content (AvgIpc) is 3.21. The van der Waals surface area contributed by atoms with Gasteiger partial charge in [-0.2, -0.15) is 4.31 Å². The second kappa shape index (κ2) is 7.90. The SMILES string of the molecule is CCCc1nnc(NC(=O)N2CCN(S(=O)(=O)c3c(C)noc3C)CC2)s1. The van der Waals surface area contributed by atoms with Crippen molar-refractivity contribution in [3.8, 4) is 0 Å². The van der Waals surface area contributed by atoms with Gasteiger partial charge in [-0.3, -0.25) is 5.32 Å². The molecule has 0 spiro atoms. The first-order chi connectivity index (χ1) is 12.8. The Labute approximate surface area is 161 Å². The molecule has 0 aromatic carbocycles. The Balaban J connectivity index is 1.60. The van der Waals surface area contributed by atoms with Crippen molar-refractivity contribution in [2.45, 2.75) is 38.5 Å². The van der Waals surface area contributed by atoms with Crippen LogP contribution in [0.4, 0.5) is 9.93 Å². The molecule has 2 aromatic rings. The molecule has 27 heavy (non-hydrogen) atoms. The van der Waals surface area contributed by atoms with Crippen molar-refractivity contribution in [3.05, 3.63) is 16.5 Å². The van der Waals surface area contributed by atoms with Gasteiger partial charge in [-0.15, -0.1) is 10.2 Å². The van der Waals surface area contributed by atoms with Gasteiger partial charge in [0.15, 0.2) is 5.76 Å². The molecule has 1 aliphatic heterocycles. The van der Waals surface area contributed by atoms with E-state index in [1.807, 2.05) is 0 Å². The van der Waals surface area contributed by atoms with Gasteiger partial charge in [0.1, 0.15) is 15.6 Å². The van der Waals surface area contributed by atoms with Gasteiger partial charge >= 0.3 is 6.03 Å². The second-order valence-electron chi connectivity index (χ2n) is 6.23. The quantitative estimate of drug-likeness (QED) is 0.789. The summed E-state index contributed by atoms with van der Waals surface area (Å²) in [6.45, 7) is 6.21. The maximum atomic E-state index is 12.8.